The molecule has 1 aliphatic heterocycles. The molecule has 1 aliphatic rings. The lowest BCUT2D eigenvalue weighted by atomic mass is 10.1. The van der Waals surface area contributed by atoms with Crippen molar-refractivity contribution in [3.8, 4) is 5.75 Å². The lowest BCUT2D eigenvalue weighted by molar-refractivity contribution is -0.129. The molecule has 2 N–H and O–H groups in total. The van der Waals surface area contributed by atoms with Crippen molar-refractivity contribution in [3.05, 3.63) is 59.7 Å². The maximum Gasteiger partial charge on any atom is 0.276 e. The van der Waals surface area contributed by atoms with Gasteiger partial charge in [-0.25, -0.2) is 0 Å². The Morgan fingerprint density at radius 2 is 1.75 bits per heavy atom. The average Bonchev–Trinajstić information content (AvgIpc) is 3.12. The maximum absolute atomic E-state index is 12.0. The van der Waals surface area contributed by atoms with Gasteiger partial charge in [0.2, 0.25) is 11.8 Å². The van der Waals surface area contributed by atoms with Crippen molar-refractivity contribution in [2.75, 3.05) is 18.1 Å². The number of rotatable bonds is 6. The highest BCUT2D eigenvalue weighted by atomic mass is 16.5. The molecule has 1 fully saturated rings. The Labute approximate surface area is 163 Å². The average molecular weight is 381 g/mol. The van der Waals surface area contributed by atoms with Gasteiger partial charge in [0.1, 0.15) is 5.75 Å². The third kappa shape index (κ3) is 5.09. The molecule has 28 heavy (non-hydrogen) atoms. The molecule has 2 aromatic rings. The number of carbonyl (C=O) groups is 3. The van der Waals surface area contributed by atoms with Crippen molar-refractivity contribution in [3.63, 3.8) is 0 Å². The quantitative estimate of drug-likeness (QED) is 0.748. The second-order valence-corrected chi connectivity index (χ2v) is 6.64. The van der Waals surface area contributed by atoms with Gasteiger partial charge in [-0.3, -0.25) is 25.2 Å². The molecule has 0 bridgehead atoms. The fourth-order valence-electron chi connectivity index (χ4n) is 2.98. The summed E-state index contributed by atoms with van der Waals surface area (Å²) in [5, 5.41) is 0. The lowest BCUT2D eigenvalue weighted by Gasteiger charge is -2.16. The number of ether oxygens (including phenoxy) is 1. The molecule has 0 radical (unpaired) electrons. The number of anilines is 1. The van der Waals surface area contributed by atoms with E-state index in [4.69, 9.17) is 4.74 Å². The van der Waals surface area contributed by atoms with Gasteiger partial charge >= 0.3 is 0 Å². The second-order valence-electron chi connectivity index (χ2n) is 6.64. The van der Waals surface area contributed by atoms with Crippen molar-refractivity contribution < 1.29 is 19.1 Å². The molecule has 0 aliphatic carbocycles. The SMILES string of the molecule is Cc1ccccc1OCC(=O)NNC(=O)Cc1ccc(N2CCCC2=O)cc1. The Hall–Kier alpha value is -3.35. The van der Waals surface area contributed by atoms with Crippen LogP contribution in [0.15, 0.2) is 48.5 Å². The molecule has 3 rings (SSSR count). The van der Waals surface area contributed by atoms with Gasteiger partial charge in [-0.2, -0.15) is 0 Å². The van der Waals surface area contributed by atoms with Crippen LogP contribution in [-0.4, -0.2) is 30.9 Å². The number of aryl methyl sites for hydroxylation is 1. The number of hydrogen-bond acceptors (Lipinski definition) is 4. The van der Waals surface area contributed by atoms with Gasteiger partial charge in [0.25, 0.3) is 5.91 Å². The van der Waals surface area contributed by atoms with Crippen LogP contribution in [0.3, 0.4) is 0 Å². The summed E-state index contributed by atoms with van der Waals surface area (Å²) in [5.41, 5.74) is 7.27. The number of hydrazine groups is 1. The maximum atomic E-state index is 12.0. The van der Waals surface area contributed by atoms with E-state index in [1.807, 2.05) is 49.4 Å². The number of hydrogen-bond donors (Lipinski definition) is 2. The van der Waals surface area contributed by atoms with Crippen LogP contribution >= 0.6 is 0 Å². The van der Waals surface area contributed by atoms with E-state index in [9.17, 15) is 14.4 Å². The zero-order chi connectivity index (χ0) is 19.9. The van der Waals surface area contributed by atoms with Crippen LogP contribution in [0.1, 0.15) is 24.0 Å². The highest BCUT2D eigenvalue weighted by Gasteiger charge is 2.21. The zero-order valence-electron chi connectivity index (χ0n) is 15.7. The molecule has 146 valence electrons. The van der Waals surface area contributed by atoms with Crippen molar-refractivity contribution >= 4 is 23.4 Å². The number of nitrogens with one attached hydrogen (secondary N) is 2. The molecule has 7 nitrogen and oxygen atoms in total. The molecule has 7 heteroatoms. The highest BCUT2D eigenvalue weighted by molar-refractivity contribution is 5.95. The van der Waals surface area contributed by atoms with E-state index >= 15 is 0 Å². The molecular weight excluding hydrogens is 358 g/mol. The van der Waals surface area contributed by atoms with Gasteiger partial charge in [0, 0.05) is 18.7 Å². The second kappa shape index (κ2) is 9.03. The number of amides is 3. The minimum atomic E-state index is -0.445. The first-order valence-corrected chi connectivity index (χ1v) is 9.18. The summed E-state index contributed by atoms with van der Waals surface area (Å²) in [4.78, 5) is 37.3. The smallest absolute Gasteiger partial charge is 0.276 e. The fraction of sp³-hybridized carbons (Fsp3) is 0.286. The van der Waals surface area contributed by atoms with E-state index in [1.54, 1.807) is 11.0 Å². The predicted octanol–water partition coefficient (Wildman–Crippen LogP) is 1.89. The van der Waals surface area contributed by atoms with E-state index in [-0.39, 0.29) is 24.8 Å². The molecule has 1 heterocycles. The summed E-state index contributed by atoms with van der Waals surface area (Å²) in [5.74, 6) is -0.0320. The van der Waals surface area contributed by atoms with Crippen molar-refractivity contribution in [1.82, 2.24) is 10.9 Å². The van der Waals surface area contributed by atoms with E-state index in [0.29, 0.717) is 12.2 Å². The van der Waals surface area contributed by atoms with Crippen LogP contribution in [0.2, 0.25) is 0 Å². The Balaban J connectivity index is 1.42. The minimum Gasteiger partial charge on any atom is -0.483 e. The normalized spacial score (nSPS) is 13.3. The lowest BCUT2D eigenvalue weighted by Crippen LogP contribution is -2.44. The van der Waals surface area contributed by atoms with Crippen LogP contribution in [-0.2, 0) is 20.8 Å². The van der Waals surface area contributed by atoms with Crippen molar-refractivity contribution in [1.29, 1.82) is 0 Å². The van der Waals surface area contributed by atoms with E-state index < -0.39 is 5.91 Å². The van der Waals surface area contributed by atoms with Crippen LogP contribution in [0.4, 0.5) is 5.69 Å². The molecule has 0 aromatic heterocycles. The topological polar surface area (TPSA) is 87.7 Å². The van der Waals surface area contributed by atoms with Gasteiger partial charge in [-0.1, -0.05) is 30.3 Å². The number of nitrogens with zero attached hydrogens (tertiary/aromatic N) is 1. The molecule has 0 saturated carbocycles. The fourth-order valence-corrected chi connectivity index (χ4v) is 2.98. The summed E-state index contributed by atoms with van der Waals surface area (Å²) in [6.07, 6.45) is 1.57. The monoisotopic (exact) mass is 381 g/mol. The van der Waals surface area contributed by atoms with Crippen LogP contribution in [0.25, 0.3) is 0 Å². The minimum absolute atomic E-state index is 0.118. The van der Waals surface area contributed by atoms with Gasteiger partial charge in [0.05, 0.1) is 6.42 Å². The van der Waals surface area contributed by atoms with Crippen LogP contribution < -0.4 is 20.5 Å². The first-order chi connectivity index (χ1) is 13.5. The Kier molecular flexibility index (Phi) is 6.26. The molecular formula is C21H23N3O4. The molecule has 1 saturated heterocycles. The molecule has 0 atom stereocenters. The van der Waals surface area contributed by atoms with Crippen LogP contribution in [0, 0.1) is 6.92 Å². The third-order valence-corrected chi connectivity index (χ3v) is 4.48. The number of para-hydroxylation sites is 1. The first kappa shape index (κ1) is 19.4. The van der Waals surface area contributed by atoms with E-state index in [0.717, 1.165) is 29.8 Å². The van der Waals surface area contributed by atoms with Gasteiger partial charge < -0.3 is 9.64 Å². The zero-order valence-corrected chi connectivity index (χ0v) is 15.7. The standard InChI is InChI=1S/C21H23N3O4/c1-15-5-2-3-6-18(15)28-14-20(26)23-22-19(25)13-16-8-10-17(11-9-16)24-12-4-7-21(24)27/h2-3,5-6,8-11H,4,7,12-14H2,1H3,(H,22,25)(H,23,26). The summed E-state index contributed by atoms with van der Waals surface area (Å²) < 4.78 is 5.42. The molecule has 0 unspecified atom stereocenters. The number of benzene rings is 2. The Morgan fingerprint density at radius 3 is 2.43 bits per heavy atom. The summed E-state index contributed by atoms with van der Waals surface area (Å²) in [6.45, 7) is 2.43. The summed E-state index contributed by atoms with van der Waals surface area (Å²) >= 11 is 0. The van der Waals surface area contributed by atoms with Gasteiger partial charge in [-0.05, 0) is 42.7 Å². The van der Waals surface area contributed by atoms with Gasteiger partial charge in [0.15, 0.2) is 6.61 Å². The third-order valence-electron chi connectivity index (χ3n) is 4.48. The Bertz CT molecular complexity index is 864. The predicted molar refractivity (Wildman–Crippen MR) is 105 cm³/mol. The number of carbonyl (C=O) groups excluding carboxylic acids is 3. The molecule has 2 aromatic carbocycles. The summed E-state index contributed by atoms with van der Waals surface area (Å²) in [6, 6.07) is 14.7. The van der Waals surface area contributed by atoms with Crippen molar-refractivity contribution in [2.45, 2.75) is 26.2 Å². The Morgan fingerprint density at radius 1 is 1.04 bits per heavy atom. The molecule has 0 spiro atoms. The van der Waals surface area contributed by atoms with E-state index in [1.165, 1.54) is 0 Å². The molecule has 3 amide bonds. The van der Waals surface area contributed by atoms with Crippen LogP contribution in [0.5, 0.6) is 5.75 Å². The van der Waals surface area contributed by atoms with Gasteiger partial charge in [-0.15, -0.1) is 0 Å². The highest BCUT2D eigenvalue weighted by Crippen LogP contribution is 2.21. The van der Waals surface area contributed by atoms with Crippen molar-refractivity contribution in [2.24, 2.45) is 0 Å². The first-order valence-electron chi connectivity index (χ1n) is 9.18. The summed E-state index contributed by atoms with van der Waals surface area (Å²) in [7, 11) is 0. The largest absolute Gasteiger partial charge is 0.483 e. The van der Waals surface area contributed by atoms with E-state index in [2.05, 4.69) is 10.9 Å².